The Hall–Kier alpha value is -2.57. The lowest BCUT2D eigenvalue weighted by Gasteiger charge is -2.16. The first-order valence-electron chi connectivity index (χ1n) is 7.73. The number of hydrogen-bond donors (Lipinski definition) is 3. The third-order valence-corrected chi connectivity index (χ3v) is 3.69. The molecule has 2 aromatic rings. The SMILES string of the molecule is C[C@@H](OC(=O)c1ccccc1NCCO)C(=O)Nc1ccccc1Cl. The van der Waals surface area contributed by atoms with Crippen LogP contribution >= 0.6 is 11.6 Å². The number of benzene rings is 2. The molecule has 0 bridgehead atoms. The van der Waals surface area contributed by atoms with Gasteiger partial charge in [-0.05, 0) is 31.2 Å². The first-order chi connectivity index (χ1) is 12.0. The minimum absolute atomic E-state index is 0.0694. The van der Waals surface area contributed by atoms with Gasteiger partial charge >= 0.3 is 5.97 Å². The van der Waals surface area contributed by atoms with E-state index in [0.717, 1.165) is 0 Å². The molecule has 132 valence electrons. The fourth-order valence-corrected chi connectivity index (χ4v) is 2.26. The summed E-state index contributed by atoms with van der Waals surface area (Å²) in [5, 5.41) is 14.8. The third kappa shape index (κ3) is 5.20. The first kappa shape index (κ1) is 18.8. The van der Waals surface area contributed by atoms with E-state index in [0.29, 0.717) is 22.9 Å². The Balaban J connectivity index is 2.02. The number of carbonyl (C=O) groups excluding carboxylic acids is 2. The summed E-state index contributed by atoms with van der Waals surface area (Å²) in [5.41, 5.74) is 1.26. The Morgan fingerprint density at radius 3 is 2.44 bits per heavy atom. The van der Waals surface area contributed by atoms with Crippen LogP contribution in [-0.2, 0) is 9.53 Å². The van der Waals surface area contributed by atoms with Gasteiger partial charge < -0.3 is 20.5 Å². The number of aliphatic hydroxyl groups excluding tert-OH is 1. The number of halogens is 1. The van der Waals surface area contributed by atoms with Crippen LogP contribution in [0, 0.1) is 0 Å². The molecular formula is C18H19ClN2O4. The van der Waals surface area contributed by atoms with Gasteiger partial charge in [-0.15, -0.1) is 0 Å². The summed E-state index contributed by atoms with van der Waals surface area (Å²) < 4.78 is 5.23. The monoisotopic (exact) mass is 362 g/mol. The molecule has 0 saturated heterocycles. The summed E-state index contributed by atoms with van der Waals surface area (Å²) in [6, 6.07) is 13.5. The lowest BCUT2D eigenvalue weighted by Crippen LogP contribution is -2.30. The van der Waals surface area contributed by atoms with Crippen molar-refractivity contribution >= 4 is 34.9 Å². The van der Waals surface area contributed by atoms with Gasteiger partial charge in [0.1, 0.15) is 0 Å². The number of rotatable bonds is 7. The number of carbonyl (C=O) groups is 2. The van der Waals surface area contributed by atoms with Crippen LogP contribution in [0.3, 0.4) is 0 Å². The van der Waals surface area contributed by atoms with E-state index in [-0.39, 0.29) is 12.2 Å². The number of amides is 1. The van der Waals surface area contributed by atoms with Crippen molar-refractivity contribution in [1.82, 2.24) is 0 Å². The van der Waals surface area contributed by atoms with Crippen LogP contribution in [0.25, 0.3) is 0 Å². The average Bonchev–Trinajstić information content (AvgIpc) is 2.62. The number of esters is 1. The Labute approximate surface area is 150 Å². The van der Waals surface area contributed by atoms with Crippen LogP contribution in [0.2, 0.25) is 5.02 Å². The van der Waals surface area contributed by atoms with Gasteiger partial charge in [0, 0.05) is 12.2 Å². The van der Waals surface area contributed by atoms with Gasteiger partial charge in [-0.2, -0.15) is 0 Å². The van der Waals surface area contributed by atoms with Crippen molar-refractivity contribution in [1.29, 1.82) is 0 Å². The van der Waals surface area contributed by atoms with Crippen molar-refractivity contribution in [3.05, 3.63) is 59.1 Å². The average molecular weight is 363 g/mol. The van der Waals surface area contributed by atoms with Crippen LogP contribution in [0.5, 0.6) is 0 Å². The van der Waals surface area contributed by atoms with Gasteiger partial charge in [-0.3, -0.25) is 4.79 Å². The van der Waals surface area contributed by atoms with E-state index in [4.69, 9.17) is 21.4 Å². The summed E-state index contributed by atoms with van der Waals surface area (Å²) in [4.78, 5) is 24.5. The molecule has 0 heterocycles. The first-order valence-corrected chi connectivity index (χ1v) is 8.11. The number of aliphatic hydroxyl groups is 1. The van der Waals surface area contributed by atoms with E-state index < -0.39 is 18.0 Å². The summed E-state index contributed by atoms with van der Waals surface area (Å²) >= 11 is 5.99. The summed E-state index contributed by atoms with van der Waals surface area (Å²) in [5.74, 6) is -1.12. The molecule has 0 radical (unpaired) electrons. The van der Waals surface area contributed by atoms with Crippen LogP contribution < -0.4 is 10.6 Å². The van der Waals surface area contributed by atoms with Gasteiger partial charge in [-0.1, -0.05) is 35.9 Å². The molecular weight excluding hydrogens is 344 g/mol. The number of nitrogens with one attached hydrogen (secondary N) is 2. The van der Waals surface area contributed by atoms with Crippen LogP contribution in [-0.4, -0.2) is 36.2 Å². The molecule has 0 unspecified atom stereocenters. The molecule has 25 heavy (non-hydrogen) atoms. The van der Waals surface area contributed by atoms with Crippen molar-refractivity contribution in [2.24, 2.45) is 0 Å². The summed E-state index contributed by atoms with van der Waals surface area (Å²) in [6.07, 6.45) is -1.00. The second-order valence-corrected chi connectivity index (χ2v) is 5.62. The maximum atomic E-state index is 12.3. The van der Waals surface area contributed by atoms with Crippen molar-refractivity contribution in [2.45, 2.75) is 13.0 Å². The molecule has 3 N–H and O–H groups in total. The smallest absolute Gasteiger partial charge is 0.341 e. The Morgan fingerprint density at radius 2 is 1.76 bits per heavy atom. The molecule has 1 amide bonds. The minimum atomic E-state index is -1.00. The summed E-state index contributed by atoms with van der Waals surface area (Å²) in [6.45, 7) is 1.71. The largest absolute Gasteiger partial charge is 0.449 e. The molecule has 0 aromatic heterocycles. The topological polar surface area (TPSA) is 87.7 Å². The highest BCUT2D eigenvalue weighted by Gasteiger charge is 2.21. The van der Waals surface area contributed by atoms with Crippen molar-refractivity contribution < 1.29 is 19.4 Å². The molecule has 1 atom stereocenters. The van der Waals surface area contributed by atoms with Crippen LogP contribution in [0.1, 0.15) is 17.3 Å². The van der Waals surface area contributed by atoms with Crippen molar-refractivity contribution in [2.75, 3.05) is 23.8 Å². The van der Waals surface area contributed by atoms with Gasteiger partial charge in [0.25, 0.3) is 5.91 Å². The molecule has 0 fully saturated rings. The molecule has 6 nitrogen and oxygen atoms in total. The van der Waals surface area contributed by atoms with Crippen molar-refractivity contribution in [3.8, 4) is 0 Å². The number of hydrogen-bond acceptors (Lipinski definition) is 5. The highest BCUT2D eigenvalue weighted by atomic mass is 35.5. The molecule has 2 aromatic carbocycles. The Kier molecular flexibility index (Phi) is 6.80. The standard InChI is InChI=1S/C18H19ClN2O4/c1-12(17(23)21-16-9-5-3-7-14(16)19)25-18(24)13-6-2-4-8-15(13)20-10-11-22/h2-9,12,20,22H,10-11H2,1H3,(H,21,23)/t12-/m1/s1. The fraction of sp³-hybridized carbons (Fsp3) is 0.222. The van der Waals surface area contributed by atoms with Crippen LogP contribution in [0.15, 0.2) is 48.5 Å². The molecule has 7 heteroatoms. The highest BCUT2D eigenvalue weighted by molar-refractivity contribution is 6.33. The molecule has 0 saturated carbocycles. The molecule has 0 spiro atoms. The number of ether oxygens (including phenoxy) is 1. The predicted molar refractivity (Wildman–Crippen MR) is 97.0 cm³/mol. The van der Waals surface area contributed by atoms with E-state index in [9.17, 15) is 9.59 Å². The van der Waals surface area contributed by atoms with Crippen molar-refractivity contribution in [3.63, 3.8) is 0 Å². The lowest BCUT2D eigenvalue weighted by molar-refractivity contribution is -0.123. The van der Waals surface area contributed by atoms with E-state index in [1.54, 1.807) is 48.5 Å². The molecule has 0 aliphatic rings. The second kappa shape index (κ2) is 9.05. The van der Waals surface area contributed by atoms with E-state index in [1.807, 2.05) is 0 Å². The minimum Gasteiger partial charge on any atom is -0.449 e. The second-order valence-electron chi connectivity index (χ2n) is 5.21. The normalized spacial score (nSPS) is 11.5. The zero-order chi connectivity index (χ0) is 18.2. The molecule has 0 aliphatic heterocycles. The Morgan fingerprint density at radius 1 is 1.12 bits per heavy atom. The van der Waals surface area contributed by atoms with Gasteiger partial charge in [-0.25, -0.2) is 4.79 Å². The van der Waals surface area contributed by atoms with E-state index in [2.05, 4.69) is 10.6 Å². The Bertz CT molecular complexity index is 751. The molecule has 2 rings (SSSR count). The van der Waals surface area contributed by atoms with Gasteiger partial charge in [0.05, 0.1) is 22.9 Å². The van der Waals surface area contributed by atoms with E-state index in [1.165, 1.54) is 6.92 Å². The zero-order valence-corrected chi connectivity index (χ0v) is 14.4. The van der Waals surface area contributed by atoms with E-state index >= 15 is 0 Å². The maximum absolute atomic E-state index is 12.3. The van der Waals surface area contributed by atoms with Gasteiger partial charge in [0.15, 0.2) is 6.10 Å². The lowest BCUT2D eigenvalue weighted by atomic mass is 10.1. The van der Waals surface area contributed by atoms with Gasteiger partial charge in [0.2, 0.25) is 0 Å². The third-order valence-electron chi connectivity index (χ3n) is 3.36. The number of para-hydroxylation sites is 2. The maximum Gasteiger partial charge on any atom is 0.341 e. The molecule has 0 aliphatic carbocycles. The predicted octanol–water partition coefficient (Wildman–Crippen LogP) is 2.93. The zero-order valence-electron chi connectivity index (χ0n) is 13.7. The van der Waals surface area contributed by atoms with Crippen LogP contribution in [0.4, 0.5) is 11.4 Å². The highest BCUT2D eigenvalue weighted by Crippen LogP contribution is 2.21. The summed E-state index contributed by atoms with van der Waals surface area (Å²) in [7, 11) is 0. The quantitative estimate of drug-likeness (QED) is 0.659. The number of anilines is 2. The fourth-order valence-electron chi connectivity index (χ4n) is 2.08.